The van der Waals surface area contributed by atoms with Crippen LogP contribution in [0.1, 0.15) is 11.1 Å². The standard InChI is InChI=1S/C17H13ClN4O/c1-23-14-9-10(6-7-11-4-2-3-5-12(11)18)8-13-15(14)16(19)22-17(20)21-13/h2-5,8-9H,1H3,(H4,19,20,21,22). The molecule has 3 aromatic rings. The lowest BCUT2D eigenvalue weighted by molar-refractivity contribution is 0.419. The Morgan fingerprint density at radius 3 is 2.61 bits per heavy atom. The molecule has 0 saturated heterocycles. The summed E-state index contributed by atoms with van der Waals surface area (Å²) in [6.45, 7) is 0. The normalized spacial score (nSPS) is 10.2. The van der Waals surface area contributed by atoms with E-state index in [9.17, 15) is 0 Å². The first kappa shape index (κ1) is 14.9. The largest absolute Gasteiger partial charge is 0.496 e. The molecule has 1 heterocycles. The van der Waals surface area contributed by atoms with E-state index in [0.29, 0.717) is 27.2 Å². The van der Waals surface area contributed by atoms with Gasteiger partial charge in [-0.25, -0.2) is 4.98 Å². The quantitative estimate of drug-likeness (QED) is 0.672. The Morgan fingerprint density at radius 1 is 1.09 bits per heavy atom. The molecule has 0 aliphatic rings. The van der Waals surface area contributed by atoms with E-state index in [2.05, 4.69) is 21.8 Å². The van der Waals surface area contributed by atoms with Crippen LogP contribution in [0.15, 0.2) is 36.4 Å². The van der Waals surface area contributed by atoms with Gasteiger partial charge in [0.2, 0.25) is 5.95 Å². The molecule has 0 bridgehead atoms. The fraction of sp³-hybridized carbons (Fsp3) is 0.0588. The van der Waals surface area contributed by atoms with Gasteiger partial charge in [-0.05, 0) is 24.3 Å². The van der Waals surface area contributed by atoms with Crippen molar-refractivity contribution in [1.29, 1.82) is 0 Å². The Kier molecular flexibility index (Phi) is 3.92. The molecule has 4 N–H and O–H groups in total. The smallest absolute Gasteiger partial charge is 0.222 e. The number of nitrogens with two attached hydrogens (primary N) is 2. The van der Waals surface area contributed by atoms with Gasteiger partial charge >= 0.3 is 0 Å². The highest BCUT2D eigenvalue weighted by atomic mass is 35.5. The summed E-state index contributed by atoms with van der Waals surface area (Å²) in [4.78, 5) is 8.15. The first-order valence-corrected chi connectivity index (χ1v) is 7.13. The second-order valence-corrected chi connectivity index (χ2v) is 5.18. The topological polar surface area (TPSA) is 87.0 Å². The number of anilines is 2. The van der Waals surface area contributed by atoms with Gasteiger partial charge in [0.15, 0.2) is 0 Å². The zero-order valence-electron chi connectivity index (χ0n) is 12.3. The molecule has 0 fully saturated rings. The van der Waals surface area contributed by atoms with Crippen molar-refractivity contribution >= 4 is 34.3 Å². The molecule has 0 radical (unpaired) electrons. The van der Waals surface area contributed by atoms with Gasteiger partial charge in [-0.15, -0.1) is 0 Å². The SMILES string of the molecule is COc1cc(C#Cc2ccccc2Cl)cc2nc(N)nc(N)c12. The van der Waals surface area contributed by atoms with Crippen LogP contribution in [0.25, 0.3) is 10.9 Å². The van der Waals surface area contributed by atoms with Gasteiger partial charge in [-0.3, -0.25) is 0 Å². The fourth-order valence-corrected chi connectivity index (χ4v) is 2.39. The van der Waals surface area contributed by atoms with Gasteiger partial charge in [0.1, 0.15) is 11.6 Å². The highest BCUT2D eigenvalue weighted by molar-refractivity contribution is 6.31. The van der Waals surface area contributed by atoms with Gasteiger partial charge in [-0.1, -0.05) is 35.6 Å². The number of aromatic nitrogens is 2. The summed E-state index contributed by atoms with van der Waals surface area (Å²) in [5.74, 6) is 7.00. The number of methoxy groups -OCH3 is 1. The molecule has 23 heavy (non-hydrogen) atoms. The summed E-state index contributed by atoms with van der Waals surface area (Å²) in [6.07, 6.45) is 0. The minimum absolute atomic E-state index is 0.105. The van der Waals surface area contributed by atoms with Gasteiger partial charge in [0, 0.05) is 11.1 Å². The molecule has 0 unspecified atom stereocenters. The predicted octanol–water partition coefficient (Wildman–Crippen LogP) is 2.86. The molecular weight excluding hydrogens is 312 g/mol. The van der Waals surface area contributed by atoms with Crippen LogP contribution >= 0.6 is 11.6 Å². The summed E-state index contributed by atoms with van der Waals surface area (Å²) in [5, 5.41) is 1.22. The van der Waals surface area contributed by atoms with Crippen molar-refractivity contribution in [3.63, 3.8) is 0 Å². The first-order chi connectivity index (χ1) is 11.1. The number of ether oxygens (including phenoxy) is 1. The van der Waals surface area contributed by atoms with Gasteiger partial charge < -0.3 is 16.2 Å². The van der Waals surface area contributed by atoms with Crippen LogP contribution in [-0.4, -0.2) is 17.1 Å². The summed E-state index contributed by atoms with van der Waals surface area (Å²) >= 11 is 6.10. The lowest BCUT2D eigenvalue weighted by atomic mass is 10.1. The van der Waals surface area contributed by atoms with Crippen molar-refractivity contribution in [3.05, 3.63) is 52.5 Å². The zero-order valence-corrected chi connectivity index (χ0v) is 13.1. The highest BCUT2D eigenvalue weighted by Gasteiger charge is 2.10. The Hall–Kier alpha value is -2.97. The predicted molar refractivity (Wildman–Crippen MR) is 92.3 cm³/mol. The number of rotatable bonds is 1. The van der Waals surface area contributed by atoms with Crippen LogP contribution in [0.4, 0.5) is 11.8 Å². The maximum atomic E-state index is 6.10. The van der Waals surface area contributed by atoms with Crippen LogP contribution in [0.2, 0.25) is 5.02 Å². The Morgan fingerprint density at radius 2 is 1.87 bits per heavy atom. The molecule has 0 saturated carbocycles. The lowest BCUT2D eigenvalue weighted by Gasteiger charge is -2.08. The highest BCUT2D eigenvalue weighted by Crippen LogP contribution is 2.30. The van der Waals surface area contributed by atoms with Crippen molar-refractivity contribution in [2.24, 2.45) is 0 Å². The Balaban J connectivity index is 2.15. The van der Waals surface area contributed by atoms with E-state index in [0.717, 1.165) is 5.56 Å². The van der Waals surface area contributed by atoms with Crippen LogP contribution in [0.3, 0.4) is 0 Å². The van der Waals surface area contributed by atoms with Gasteiger partial charge in [0.05, 0.1) is 23.0 Å². The second kappa shape index (κ2) is 6.03. The van der Waals surface area contributed by atoms with E-state index < -0.39 is 0 Å². The van der Waals surface area contributed by atoms with E-state index >= 15 is 0 Å². The zero-order chi connectivity index (χ0) is 16.4. The molecule has 114 valence electrons. The molecule has 6 heteroatoms. The molecule has 0 aliphatic heterocycles. The number of hydrogen-bond acceptors (Lipinski definition) is 5. The summed E-state index contributed by atoms with van der Waals surface area (Å²) < 4.78 is 5.37. The number of nitrogens with zero attached hydrogens (tertiary/aromatic N) is 2. The average Bonchev–Trinajstić information content (AvgIpc) is 2.52. The summed E-state index contributed by atoms with van der Waals surface area (Å²) in [7, 11) is 1.55. The van der Waals surface area contributed by atoms with E-state index in [1.807, 2.05) is 18.2 Å². The monoisotopic (exact) mass is 324 g/mol. The minimum atomic E-state index is 0.105. The Labute approximate surface area is 138 Å². The van der Waals surface area contributed by atoms with Crippen molar-refractivity contribution in [3.8, 4) is 17.6 Å². The van der Waals surface area contributed by atoms with Crippen LogP contribution in [-0.2, 0) is 0 Å². The molecular formula is C17H13ClN4O. The van der Waals surface area contributed by atoms with Crippen LogP contribution in [0.5, 0.6) is 5.75 Å². The van der Waals surface area contributed by atoms with E-state index in [1.54, 1.807) is 25.3 Å². The number of benzene rings is 2. The third kappa shape index (κ3) is 2.98. The average molecular weight is 325 g/mol. The van der Waals surface area contributed by atoms with E-state index in [1.165, 1.54) is 0 Å². The number of fused-ring (bicyclic) bond motifs is 1. The number of halogens is 1. The minimum Gasteiger partial charge on any atom is -0.496 e. The van der Waals surface area contributed by atoms with E-state index in [4.69, 9.17) is 27.8 Å². The van der Waals surface area contributed by atoms with Gasteiger partial charge in [0.25, 0.3) is 0 Å². The van der Waals surface area contributed by atoms with Crippen molar-refractivity contribution < 1.29 is 4.74 Å². The van der Waals surface area contributed by atoms with Crippen molar-refractivity contribution in [1.82, 2.24) is 9.97 Å². The second-order valence-electron chi connectivity index (χ2n) is 4.77. The first-order valence-electron chi connectivity index (χ1n) is 6.76. The van der Waals surface area contributed by atoms with E-state index in [-0.39, 0.29) is 11.8 Å². The molecule has 1 aromatic heterocycles. The van der Waals surface area contributed by atoms with Gasteiger partial charge in [-0.2, -0.15) is 4.98 Å². The molecule has 0 atom stereocenters. The maximum absolute atomic E-state index is 6.10. The molecule has 0 amide bonds. The molecule has 0 aliphatic carbocycles. The van der Waals surface area contributed by atoms with Crippen LogP contribution in [0, 0.1) is 11.8 Å². The summed E-state index contributed by atoms with van der Waals surface area (Å²) in [6, 6.07) is 11.0. The Bertz CT molecular complexity index is 960. The number of hydrogen-bond donors (Lipinski definition) is 2. The maximum Gasteiger partial charge on any atom is 0.222 e. The summed E-state index contributed by atoms with van der Waals surface area (Å²) in [5.41, 5.74) is 13.6. The molecule has 0 spiro atoms. The van der Waals surface area contributed by atoms with Crippen molar-refractivity contribution in [2.45, 2.75) is 0 Å². The fourth-order valence-electron chi connectivity index (χ4n) is 2.21. The lowest BCUT2D eigenvalue weighted by Crippen LogP contribution is -2.02. The third-order valence-electron chi connectivity index (χ3n) is 3.24. The van der Waals surface area contributed by atoms with Crippen molar-refractivity contribution in [2.75, 3.05) is 18.6 Å². The van der Waals surface area contributed by atoms with Crippen LogP contribution < -0.4 is 16.2 Å². The third-order valence-corrected chi connectivity index (χ3v) is 3.57. The molecule has 5 nitrogen and oxygen atoms in total. The number of nitrogen functional groups attached to an aromatic ring is 2. The molecule has 3 rings (SSSR count). The molecule has 2 aromatic carbocycles.